The number of aromatic nitrogens is 2. The molecule has 1 aromatic heterocycles. The monoisotopic (exact) mass is 235 g/mol. The molecule has 2 N–H and O–H groups in total. The molecule has 2 atom stereocenters. The molecule has 0 radical (unpaired) electrons. The fourth-order valence-corrected chi connectivity index (χ4v) is 2.53. The Hall–Kier alpha value is -1.00. The minimum absolute atomic E-state index is 0.292. The fraction of sp³-hybridized carbons (Fsp3) is 0.692. The van der Waals surface area contributed by atoms with Gasteiger partial charge >= 0.3 is 0 Å². The van der Waals surface area contributed by atoms with Gasteiger partial charge in [-0.3, -0.25) is 0 Å². The second kappa shape index (κ2) is 6.07. The lowest BCUT2D eigenvalue weighted by molar-refractivity contribution is 0.152. The van der Waals surface area contributed by atoms with Gasteiger partial charge in [0.1, 0.15) is 5.82 Å². The van der Waals surface area contributed by atoms with Crippen LogP contribution in [0, 0.1) is 12.8 Å². The van der Waals surface area contributed by atoms with Crippen LogP contribution in [0.1, 0.15) is 37.2 Å². The first-order valence-corrected chi connectivity index (χ1v) is 6.42. The molecule has 1 heterocycles. The van der Waals surface area contributed by atoms with Crippen LogP contribution >= 0.6 is 0 Å². The number of nitrogens with one attached hydrogen (secondary N) is 1. The zero-order valence-corrected chi connectivity index (χ0v) is 10.4. The lowest BCUT2D eigenvalue weighted by atomic mass is 9.85. The third-order valence-corrected chi connectivity index (χ3v) is 3.52. The van der Waals surface area contributed by atoms with Crippen molar-refractivity contribution in [3.63, 3.8) is 0 Å². The quantitative estimate of drug-likeness (QED) is 0.829. The molecule has 0 saturated heterocycles. The zero-order chi connectivity index (χ0) is 12.1. The number of hydrogen-bond donors (Lipinski definition) is 2. The van der Waals surface area contributed by atoms with Crippen LogP contribution in [0.15, 0.2) is 12.3 Å². The van der Waals surface area contributed by atoms with Crippen molar-refractivity contribution in [2.24, 2.45) is 5.92 Å². The van der Waals surface area contributed by atoms with Gasteiger partial charge in [-0.15, -0.1) is 0 Å². The molecular formula is C13H21N3O. The van der Waals surface area contributed by atoms with Crippen molar-refractivity contribution >= 4 is 0 Å². The van der Waals surface area contributed by atoms with E-state index in [4.69, 9.17) is 0 Å². The zero-order valence-electron chi connectivity index (χ0n) is 10.4. The molecule has 1 fully saturated rings. The van der Waals surface area contributed by atoms with E-state index in [2.05, 4.69) is 15.3 Å². The molecular weight excluding hydrogens is 214 g/mol. The third kappa shape index (κ3) is 3.48. The van der Waals surface area contributed by atoms with Gasteiger partial charge < -0.3 is 10.4 Å². The Morgan fingerprint density at radius 3 is 3.00 bits per heavy atom. The van der Waals surface area contributed by atoms with Gasteiger partial charge in [0.05, 0.1) is 5.69 Å². The molecule has 0 bridgehead atoms. The lowest BCUT2D eigenvalue weighted by Gasteiger charge is -2.30. The van der Waals surface area contributed by atoms with Gasteiger partial charge in [-0.05, 0) is 31.7 Å². The summed E-state index contributed by atoms with van der Waals surface area (Å²) in [6, 6.07) is 2.38. The summed E-state index contributed by atoms with van der Waals surface area (Å²) in [4.78, 5) is 8.46. The number of aryl methyl sites for hydroxylation is 1. The Kier molecular flexibility index (Phi) is 4.45. The molecule has 2 unspecified atom stereocenters. The lowest BCUT2D eigenvalue weighted by Crippen LogP contribution is -2.39. The molecule has 4 nitrogen and oxygen atoms in total. The van der Waals surface area contributed by atoms with Crippen molar-refractivity contribution in [3.8, 4) is 0 Å². The van der Waals surface area contributed by atoms with E-state index in [9.17, 15) is 5.11 Å². The fourth-order valence-electron chi connectivity index (χ4n) is 2.53. The topological polar surface area (TPSA) is 58.0 Å². The largest absolute Gasteiger partial charge is 0.396 e. The molecule has 1 aliphatic carbocycles. The van der Waals surface area contributed by atoms with Crippen molar-refractivity contribution in [1.82, 2.24) is 15.3 Å². The molecule has 17 heavy (non-hydrogen) atoms. The summed E-state index contributed by atoms with van der Waals surface area (Å²) in [5.41, 5.74) is 1.03. The Labute approximate surface area is 102 Å². The summed E-state index contributed by atoms with van der Waals surface area (Å²) in [6.07, 6.45) is 6.60. The predicted molar refractivity (Wildman–Crippen MR) is 66.4 cm³/mol. The summed E-state index contributed by atoms with van der Waals surface area (Å²) < 4.78 is 0. The van der Waals surface area contributed by atoms with E-state index in [1.807, 2.05) is 13.0 Å². The predicted octanol–water partition coefficient (Wildman–Crippen LogP) is 1.43. The average Bonchev–Trinajstić information content (AvgIpc) is 2.37. The maximum absolute atomic E-state index is 9.34. The van der Waals surface area contributed by atoms with Crippen LogP contribution in [0.5, 0.6) is 0 Å². The van der Waals surface area contributed by atoms with Crippen molar-refractivity contribution in [2.75, 3.05) is 6.61 Å². The summed E-state index contributed by atoms with van der Waals surface area (Å²) in [5, 5.41) is 12.9. The van der Waals surface area contributed by atoms with Crippen molar-refractivity contribution < 1.29 is 5.11 Å². The second-order valence-corrected chi connectivity index (χ2v) is 4.81. The Morgan fingerprint density at radius 2 is 2.24 bits per heavy atom. The van der Waals surface area contributed by atoms with Gasteiger partial charge in [-0.25, -0.2) is 9.97 Å². The summed E-state index contributed by atoms with van der Waals surface area (Å²) >= 11 is 0. The standard InChI is InChI=1S/C13H21N3O/c1-10-14-7-6-12(16-10)8-15-13-5-3-2-4-11(13)9-17/h6-7,11,13,15,17H,2-5,8-9H2,1H3. The minimum Gasteiger partial charge on any atom is -0.396 e. The Balaban J connectivity index is 1.88. The summed E-state index contributed by atoms with van der Waals surface area (Å²) in [6.45, 7) is 2.96. The van der Waals surface area contributed by atoms with Gasteiger partial charge in [0, 0.05) is 25.4 Å². The van der Waals surface area contributed by atoms with Crippen LogP contribution in [-0.2, 0) is 6.54 Å². The first-order chi connectivity index (χ1) is 8.29. The van der Waals surface area contributed by atoms with E-state index >= 15 is 0 Å². The van der Waals surface area contributed by atoms with Gasteiger partial charge in [0.25, 0.3) is 0 Å². The van der Waals surface area contributed by atoms with E-state index in [1.54, 1.807) is 6.20 Å². The molecule has 0 aromatic carbocycles. The normalized spacial score (nSPS) is 24.8. The number of aliphatic hydroxyl groups excluding tert-OH is 1. The molecule has 2 rings (SSSR count). The van der Waals surface area contributed by atoms with Gasteiger partial charge in [0.15, 0.2) is 0 Å². The first-order valence-electron chi connectivity index (χ1n) is 6.42. The SMILES string of the molecule is Cc1nccc(CNC2CCCCC2CO)n1. The maximum atomic E-state index is 9.34. The summed E-state index contributed by atoms with van der Waals surface area (Å²) in [5.74, 6) is 1.22. The van der Waals surface area contributed by atoms with Crippen molar-refractivity contribution in [2.45, 2.75) is 45.2 Å². The molecule has 1 aliphatic rings. The molecule has 1 saturated carbocycles. The number of aliphatic hydroxyl groups is 1. The van der Waals surface area contributed by atoms with E-state index < -0.39 is 0 Å². The van der Waals surface area contributed by atoms with E-state index in [-0.39, 0.29) is 0 Å². The highest BCUT2D eigenvalue weighted by Gasteiger charge is 2.23. The highest BCUT2D eigenvalue weighted by molar-refractivity contribution is 5.01. The van der Waals surface area contributed by atoms with E-state index in [1.165, 1.54) is 12.8 Å². The van der Waals surface area contributed by atoms with Crippen molar-refractivity contribution in [1.29, 1.82) is 0 Å². The van der Waals surface area contributed by atoms with Crippen LogP contribution in [-0.4, -0.2) is 27.7 Å². The van der Waals surface area contributed by atoms with Crippen LogP contribution in [0.25, 0.3) is 0 Å². The van der Waals surface area contributed by atoms with Crippen molar-refractivity contribution in [3.05, 3.63) is 23.8 Å². The Morgan fingerprint density at radius 1 is 1.41 bits per heavy atom. The van der Waals surface area contributed by atoms with Gasteiger partial charge in [-0.1, -0.05) is 12.8 Å². The molecule has 4 heteroatoms. The minimum atomic E-state index is 0.292. The third-order valence-electron chi connectivity index (χ3n) is 3.52. The number of nitrogens with zero attached hydrogens (tertiary/aromatic N) is 2. The average molecular weight is 235 g/mol. The van der Waals surface area contributed by atoms with Gasteiger partial charge in [0.2, 0.25) is 0 Å². The first kappa shape index (κ1) is 12.5. The van der Waals surface area contributed by atoms with Gasteiger partial charge in [-0.2, -0.15) is 0 Å². The second-order valence-electron chi connectivity index (χ2n) is 4.81. The van der Waals surface area contributed by atoms with E-state index in [0.717, 1.165) is 30.9 Å². The molecule has 94 valence electrons. The molecule has 0 amide bonds. The van der Waals surface area contributed by atoms with Crippen LogP contribution in [0.2, 0.25) is 0 Å². The molecule has 0 aliphatic heterocycles. The highest BCUT2D eigenvalue weighted by atomic mass is 16.3. The van der Waals surface area contributed by atoms with Crippen LogP contribution in [0.4, 0.5) is 0 Å². The van der Waals surface area contributed by atoms with E-state index in [0.29, 0.717) is 18.6 Å². The van der Waals surface area contributed by atoms with Crippen LogP contribution in [0.3, 0.4) is 0 Å². The molecule has 1 aromatic rings. The summed E-state index contributed by atoms with van der Waals surface area (Å²) in [7, 11) is 0. The molecule has 0 spiro atoms. The maximum Gasteiger partial charge on any atom is 0.125 e. The number of rotatable bonds is 4. The van der Waals surface area contributed by atoms with Crippen LogP contribution < -0.4 is 5.32 Å². The Bertz CT molecular complexity index is 356. The highest BCUT2D eigenvalue weighted by Crippen LogP contribution is 2.24. The number of hydrogen-bond acceptors (Lipinski definition) is 4. The smallest absolute Gasteiger partial charge is 0.125 e.